The first-order chi connectivity index (χ1) is 10.6. The Balaban J connectivity index is 2.25. The van der Waals surface area contributed by atoms with Crippen molar-refractivity contribution in [2.45, 2.75) is 20.3 Å². The summed E-state index contributed by atoms with van der Waals surface area (Å²) in [4.78, 5) is 16.1. The van der Waals surface area contributed by atoms with Crippen LogP contribution in [-0.2, 0) is 6.42 Å². The number of carbonyl (C=O) groups is 1. The van der Waals surface area contributed by atoms with Gasteiger partial charge in [0.1, 0.15) is 5.75 Å². The molecule has 0 aliphatic carbocycles. The number of hydrogen-bond donors (Lipinski definition) is 0. The first-order valence-electron chi connectivity index (χ1n) is 7.21. The third kappa shape index (κ3) is 2.37. The minimum absolute atomic E-state index is 0.0402. The number of nitrogens with zero attached hydrogens (tertiary/aromatic N) is 1. The summed E-state index contributed by atoms with van der Waals surface area (Å²) >= 11 is 0. The highest BCUT2D eigenvalue weighted by Crippen LogP contribution is 2.35. The van der Waals surface area contributed by atoms with Crippen LogP contribution in [0.5, 0.6) is 5.75 Å². The van der Waals surface area contributed by atoms with E-state index in [4.69, 9.17) is 9.15 Å². The molecule has 0 spiro atoms. The lowest BCUT2D eigenvalue weighted by molar-refractivity contribution is 0.101. The van der Waals surface area contributed by atoms with Gasteiger partial charge < -0.3 is 9.15 Å². The molecule has 4 heteroatoms. The third-order valence-electron chi connectivity index (χ3n) is 3.65. The maximum absolute atomic E-state index is 11.6. The number of aryl methyl sites for hydroxylation is 1. The first kappa shape index (κ1) is 14.3. The zero-order valence-electron chi connectivity index (χ0n) is 12.8. The minimum atomic E-state index is 0.0402. The number of hydrogen-bond acceptors (Lipinski definition) is 4. The molecule has 0 aliphatic heterocycles. The second-order valence-corrected chi connectivity index (χ2v) is 5.09. The van der Waals surface area contributed by atoms with E-state index in [2.05, 4.69) is 4.98 Å². The number of ketones is 1. The van der Waals surface area contributed by atoms with Crippen LogP contribution in [0.25, 0.3) is 22.2 Å². The molecule has 0 saturated carbocycles. The summed E-state index contributed by atoms with van der Waals surface area (Å²) in [5.41, 5.74) is 3.92. The molecule has 0 atom stereocenters. The molecule has 0 amide bonds. The lowest BCUT2D eigenvalue weighted by Gasteiger charge is -2.06. The van der Waals surface area contributed by atoms with E-state index in [1.54, 1.807) is 14.0 Å². The average molecular weight is 295 g/mol. The number of methoxy groups -OCH3 is 1. The van der Waals surface area contributed by atoms with E-state index in [-0.39, 0.29) is 5.78 Å². The number of rotatable bonds is 4. The number of Topliss-reactive ketones (excluding diaryl/α,β-unsaturated/α-hetero) is 1. The number of ether oxygens (including phenoxy) is 1. The van der Waals surface area contributed by atoms with Gasteiger partial charge in [-0.05, 0) is 30.7 Å². The zero-order chi connectivity index (χ0) is 15.7. The fraction of sp³-hybridized carbons (Fsp3) is 0.222. The summed E-state index contributed by atoms with van der Waals surface area (Å²) in [5.74, 6) is 1.40. The molecule has 0 unspecified atom stereocenters. The lowest BCUT2D eigenvalue weighted by Crippen LogP contribution is -1.92. The van der Waals surface area contributed by atoms with Crippen molar-refractivity contribution in [3.05, 3.63) is 47.9 Å². The number of benzene rings is 2. The van der Waals surface area contributed by atoms with Crippen LogP contribution >= 0.6 is 0 Å². The molecule has 3 aromatic rings. The van der Waals surface area contributed by atoms with E-state index in [0.717, 1.165) is 11.1 Å². The second kappa shape index (κ2) is 5.64. The van der Waals surface area contributed by atoms with Gasteiger partial charge in [0, 0.05) is 17.5 Å². The summed E-state index contributed by atoms with van der Waals surface area (Å²) in [6.45, 7) is 3.56. The van der Waals surface area contributed by atoms with Crippen LogP contribution in [0.15, 0.2) is 40.8 Å². The summed E-state index contributed by atoms with van der Waals surface area (Å²) < 4.78 is 11.2. The normalized spacial score (nSPS) is 10.9. The van der Waals surface area contributed by atoms with Crippen LogP contribution < -0.4 is 4.74 Å². The summed E-state index contributed by atoms with van der Waals surface area (Å²) in [6, 6.07) is 11.3. The summed E-state index contributed by atoms with van der Waals surface area (Å²) in [5, 5.41) is 0. The van der Waals surface area contributed by atoms with E-state index in [1.165, 1.54) is 0 Å². The summed E-state index contributed by atoms with van der Waals surface area (Å²) in [7, 11) is 1.62. The molecule has 0 radical (unpaired) electrons. The van der Waals surface area contributed by atoms with Gasteiger partial charge in [0.15, 0.2) is 22.8 Å². The van der Waals surface area contributed by atoms with Crippen molar-refractivity contribution >= 4 is 16.9 Å². The van der Waals surface area contributed by atoms with E-state index < -0.39 is 0 Å². The molecule has 112 valence electrons. The highest BCUT2D eigenvalue weighted by molar-refractivity contribution is 5.98. The van der Waals surface area contributed by atoms with Gasteiger partial charge in [-0.3, -0.25) is 4.79 Å². The fourth-order valence-electron chi connectivity index (χ4n) is 2.48. The van der Waals surface area contributed by atoms with Crippen molar-refractivity contribution in [3.63, 3.8) is 0 Å². The van der Waals surface area contributed by atoms with Crippen LogP contribution in [0.3, 0.4) is 0 Å². The Labute approximate surface area is 128 Å². The maximum Gasteiger partial charge on any atom is 0.195 e. The topological polar surface area (TPSA) is 52.3 Å². The Bertz CT molecular complexity index is 849. The molecular formula is C18H17NO3. The maximum atomic E-state index is 11.6. The molecule has 3 rings (SSSR count). The van der Waals surface area contributed by atoms with Gasteiger partial charge in [0.05, 0.1) is 7.11 Å². The predicted molar refractivity (Wildman–Crippen MR) is 85.4 cm³/mol. The van der Waals surface area contributed by atoms with Crippen LogP contribution in [0.2, 0.25) is 0 Å². The number of aromatic nitrogens is 1. The van der Waals surface area contributed by atoms with Crippen LogP contribution in [-0.4, -0.2) is 17.9 Å². The lowest BCUT2D eigenvalue weighted by atomic mass is 10.0. The molecular weight excluding hydrogens is 278 g/mol. The average Bonchev–Trinajstić information content (AvgIpc) is 2.98. The highest BCUT2D eigenvalue weighted by atomic mass is 16.5. The molecule has 0 fully saturated rings. The van der Waals surface area contributed by atoms with E-state index in [9.17, 15) is 4.79 Å². The zero-order valence-corrected chi connectivity index (χ0v) is 12.8. The van der Waals surface area contributed by atoms with Crippen LogP contribution in [0.1, 0.15) is 30.1 Å². The SMILES string of the molecule is CCc1nc2c(OC)ccc(-c3cccc(C(C)=O)c3)c2o1. The molecule has 0 saturated heterocycles. The molecule has 0 aliphatic rings. The van der Waals surface area contributed by atoms with Gasteiger partial charge in [-0.1, -0.05) is 25.1 Å². The van der Waals surface area contributed by atoms with Crippen molar-refractivity contribution in [3.8, 4) is 16.9 Å². The largest absolute Gasteiger partial charge is 0.494 e. The molecule has 0 bridgehead atoms. The minimum Gasteiger partial charge on any atom is -0.494 e. The molecule has 1 aromatic heterocycles. The molecule has 4 nitrogen and oxygen atoms in total. The number of carbonyl (C=O) groups excluding carboxylic acids is 1. The Hall–Kier alpha value is -2.62. The quantitative estimate of drug-likeness (QED) is 0.674. The van der Waals surface area contributed by atoms with Gasteiger partial charge in [-0.15, -0.1) is 0 Å². The van der Waals surface area contributed by atoms with Crippen molar-refractivity contribution in [2.75, 3.05) is 7.11 Å². The summed E-state index contributed by atoms with van der Waals surface area (Å²) in [6.07, 6.45) is 0.713. The van der Waals surface area contributed by atoms with Gasteiger partial charge in [-0.25, -0.2) is 4.98 Å². The van der Waals surface area contributed by atoms with Gasteiger partial charge in [0.25, 0.3) is 0 Å². The Morgan fingerprint density at radius 1 is 1.27 bits per heavy atom. The smallest absolute Gasteiger partial charge is 0.195 e. The Morgan fingerprint density at radius 3 is 2.77 bits per heavy atom. The van der Waals surface area contributed by atoms with Crippen molar-refractivity contribution in [1.82, 2.24) is 4.98 Å². The molecule has 0 N–H and O–H groups in total. The molecule has 22 heavy (non-hydrogen) atoms. The van der Waals surface area contributed by atoms with E-state index in [1.807, 2.05) is 43.3 Å². The number of fused-ring (bicyclic) bond motifs is 1. The van der Waals surface area contributed by atoms with Crippen molar-refractivity contribution < 1.29 is 13.9 Å². The number of oxazole rings is 1. The first-order valence-corrected chi connectivity index (χ1v) is 7.21. The van der Waals surface area contributed by atoms with Gasteiger partial charge in [0.2, 0.25) is 0 Å². The van der Waals surface area contributed by atoms with E-state index in [0.29, 0.717) is 34.7 Å². The second-order valence-electron chi connectivity index (χ2n) is 5.09. The van der Waals surface area contributed by atoms with Crippen molar-refractivity contribution in [2.24, 2.45) is 0 Å². The van der Waals surface area contributed by atoms with Gasteiger partial charge in [-0.2, -0.15) is 0 Å². The Morgan fingerprint density at radius 2 is 2.09 bits per heavy atom. The monoisotopic (exact) mass is 295 g/mol. The molecule has 1 heterocycles. The predicted octanol–water partition coefficient (Wildman–Crippen LogP) is 4.27. The van der Waals surface area contributed by atoms with E-state index >= 15 is 0 Å². The fourth-order valence-corrected chi connectivity index (χ4v) is 2.48. The van der Waals surface area contributed by atoms with Gasteiger partial charge >= 0.3 is 0 Å². The standard InChI is InChI=1S/C18H17NO3/c1-4-16-19-17-15(21-3)9-8-14(18(17)22-16)13-7-5-6-12(10-13)11(2)20/h5-10H,4H2,1-3H3. The molecule has 2 aromatic carbocycles. The van der Waals surface area contributed by atoms with Crippen molar-refractivity contribution in [1.29, 1.82) is 0 Å². The van der Waals surface area contributed by atoms with Crippen LogP contribution in [0, 0.1) is 0 Å². The van der Waals surface area contributed by atoms with Crippen LogP contribution in [0.4, 0.5) is 0 Å². The Kier molecular flexibility index (Phi) is 3.67. The third-order valence-corrected chi connectivity index (χ3v) is 3.65. The highest BCUT2D eigenvalue weighted by Gasteiger charge is 2.15.